The Labute approximate surface area is 182 Å². The van der Waals surface area contributed by atoms with Crippen LogP contribution in [0.1, 0.15) is 35.3 Å². The number of aromatic amines is 1. The number of aromatic nitrogens is 6. The lowest BCUT2D eigenvalue weighted by Gasteiger charge is -2.27. The van der Waals surface area contributed by atoms with E-state index in [-0.39, 0.29) is 11.3 Å². The Morgan fingerprint density at radius 2 is 2.03 bits per heavy atom. The van der Waals surface area contributed by atoms with Crippen molar-refractivity contribution in [3.8, 4) is 11.5 Å². The summed E-state index contributed by atoms with van der Waals surface area (Å²) >= 11 is 0. The first-order chi connectivity index (χ1) is 15.7. The molecule has 0 spiro atoms. The predicted octanol–water partition coefficient (Wildman–Crippen LogP) is 2.73. The molecule has 160 valence electrons. The summed E-state index contributed by atoms with van der Waals surface area (Å²) < 4.78 is 7.14. The lowest BCUT2D eigenvalue weighted by Crippen LogP contribution is -2.29. The van der Waals surface area contributed by atoms with Gasteiger partial charge in [0.2, 0.25) is 5.95 Å². The molecule has 0 fully saturated rings. The van der Waals surface area contributed by atoms with Gasteiger partial charge in [0.25, 0.3) is 5.56 Å². The van der Waals surface area contributed by atoms with Gasteiger partial charge in [-0.3, -0.25) is 4.79 Å². The minimum atomic E-state index is -0.568. The molecule has 2 aromatic heterocycles. The number of phenolic OH excluding ortho intramolecular Hbond substituents is 1. The maximum absolute atomic E-state index is 12.7. The number of rotatable bonds is 5. The Morgan fingerprint density at radius 3 is 2.84 bits per heavy atom. The van der Waals surface area contributed by atoms with Crippen LogP contribution >= 0.6 is 0 Å². The molecule has 1 aliphatic rings. The van der Waals surface area contributed by atoms with Crippen molar-refractivity contribution in [2.24, 2.45) is 0 Å². The first kappa shape index (κ1) is 19.5. The van der Waals surface area contributed by atoms with Gasteiger partial charge in [-0.1, -0.05) is 47.6 Å². The van der Waals surface area contributed by atoms with Gasteiger partial charge in [0.15, 0.2) is 11.5 Å². The number of benzene rings is 2. The average Bonchev–Trinajstić information content (AvgIpc) is 3.28. The van der Waals surface area contributed by atoms with Crippen LogP contribution < -0.4 is 15.6 Å². The highest BCUT2D eigenvalue weighted by molar-refractivity contribution is 5.75. The molecule has 0 saturated heterocycles. The topological polar surface area (TPSA) is 131 Å². The zero-order valence-electron chi connectivity index (χ0n) is 17.1. The largest absolute Gasteiger partial charge is 0.504 e. The Balaban J connectivity index is 1.70. The number of nitrogens with one attached hydrogen (secondary N) is 2. The number of nitrogens with zero attached hydrogens (tertiary/aromatic N) is 5. The number of H-pyrrole nitrogens is 1. The molecule has 1 aliphatic heterocycles. The summed E-state index contributed by atoms with van der Waals surface area (Å²) in [5.41, 5.74) is 2.79. The Kier molecular flexibility index (Phi) is 4.86. The summed E-state index contributed by atoms with van der Waals surface area (Å²) in [6, 6.07) is 14.2. The van der Waals surface area contributed by atoms with Gasteiger partial charge in [0, 0.05) is 5.56 Å². The summed E-state index contributed by atoms with van der Waals surface area (Å²) in [6.07, 6.45) is 3.74. The predicted molar refractivity (Wildman–Crippen MR) is 118 cm³/mol. The van der Waals surface area contributed by atoms with Crippen LogP contribution in [0.3, 0.4) is 0 Å². The first-order valence-electron chi connectivity index (χ1n) is 10.0. The van der Waals surface area contributed by atoms with E-state index in [9.17, 15) is 9.90 Å². The van der Waals surface area contributed by atoms with E-state index < -0.39 is 6.04 Å². The second-order valence-corrected chi connectivity index (χ2v) is 7.11. The van der Waals surface area contributed by atoms with Crippen molar-refractivity contribution >= 4 is 23.8 Å². The second kappa shape index (κ2) is 7.99. The first-order valence-corrected chi connectivity index (χ1v) is 10.0. The summed E-state index contributed by atoms with van der Waals surface area (Å²) in [7, 11) is 0. The van der Waals surface area contributed by atoms with Crippen LogP contribution in [0.2, 0.25) is 0 Å². The molecule has 1 atom stereocenters. The second-order valence-electron chi connectivity index (χ2n) is 7.11. The summed E-state index contributed by atoms with van der Waals surface area (Å²) in [4.78, 5) is 12.7. The Bertz CT molecular complexity index is 1360. The lowest BCUT2D eigenvalue weighted by atomic mass is 9.94. The van der Waals surface area contributed by atoms with Gasteiger partial charge in [-0.2, -0.15) is 9.78 Å². The summed E-state index contributed by atoms with van der Waals surface area (Å²) in [6.45, 7) is 2.23. The number of tetrazole rings is 1. The molecule has 0 unspecified atom stereocenters. The van der Waals surface area contributed by atoms with Gasteiger partial charge >= 0.3 is 0 Å². The highest BCUT2D eigenvalue weighted by Gasteiger charge is 2.33. The molecular weight excluding hydrogens is 410 g/mol. The van der Waals surface area contributed by atoms with Crippen molar-refractivity contribution in [3.05, 3.63) is 81.3 Å². The Hall–Kier alpha value is -4.47. The zero-order valence-corrected chi connectivity index (χ0v) is 17.1. The van der Waals surface area contributed by atoms with Crippen LogP contribution in [0.25, 0.3) is 12.2 Å². The quantitative estimate of drug-likeness (QED) is 0.389. The molecule has 10 heteroatoms. The molecule has 0 aliphatic carbocycles. The minimum Gasteiger partial charge on any atom is -0.504 e. The van der Waals surface area contributed by atoms with Gasteiger partial charge in [-0.05, 0) is 46.7 Å². The third-order valence-corrected chi connectivity index (χ3v) is 5.13. The van der Waals surface area contributed by atoms with E-state index in [0.29, 0.717) is 35.2 Å². The highest BCUT2D eigenvalue weighted by Crippen LogP contribution is 2.40. The van der Waals surface area contributed by atoms with Gasteiger partial charge in [0.1, 0.15) is 11.7 Å². The molecule has 0 saturated carbocycles. The standard InChI is InChI=1S/C22H19N7O3/c1-2-32-17-12-14(9-11-16(17)30)20-18-15(10-8-13-6-4-3-5-7-13)24-25-21(31)19(18)23-22-26-27-28-29(20)22/h3-12,20,30H,2H2,1H3,(H,25,31)(H,23,26,28)/b10-8+/t20-/m1/s1. The minimum absolute atomic E-state index is 0.0231. The average molecular weight is 429 g/mol. The number of anilines is 2. The van der Waals surface area contributed by atoms with Crippen molar-refractivity contribution < 1.29 is 9.84 Å². The van der Waals surface area contributed by atoms with E-state index in [2.05, 4.69) is 31.0 Å². The summed E-state index contributed by atoms with van der Waals surface area (Å²) in [5, 5.41) is 31.9. The molecule has 32 heavy (non-hydrogen) atoms. The number of hydrogen-bond donors (Lipinski definition) is 3. The normalized spacial score (nSPS) is 14.6. The number of ether oxygens (including phenoxy) is 1. The van der Waals surface area contributed by atoms with Crippen LogP contribution in [-0.4, -0.2) is 42.1 Å². The zero-order chi connectivity index (χ0) is 22.1. The van der Waals surface area contributed by atoms with Gasteiger partial charge in [-0.25, -0.2) is 5.10 Å². The van der Waals surface area contributed by atoms with Crippen molar-refractivity contribution in [1.82, 2.24) is 30.4 Å². The molecule has 0 amide bonds. The number of phenols is 1. The molecule has 5 rings (SSSR count). The molecule has 3 heterocycles. The van der Waals surface area contributed by atoms with Crippen LogP contribution in [-0.2, 0) is 0 Å². The monoisotopic (exact) mass is 429 g/mol. The molecule has 0 radical (unpaired) electrons. The van der Waals surface area contributed by atoms with E-state index in [0.717, 1.165) is 11.1 Å². The van der Waals surface area contributed by atoms with Crippen molar-refractivity contribution in [2.45, 2.75) is 13.0 Å². The fourth-order valence-electron chi connectivity index (χ4n) is 3.71. The van der Waals surface area contributed by atoms with Crippen molar-refractivity contribution in [1.29, 1.82) is 0 Å². The summed E-state index contributed by atoms with van der Waals surface area (Å²) in [5.74, 6) is 0.678. The smallest absolute Gasteiger partial charge is 0.288 e. The van der Waals surface area contributed by atoms with E-state index in [1.807, 2.05) is 49.4 Å². The van der Waals surface area contributed by atoms with Gasteiger partial charge in [-0.15, -0.1) is 0 Å². The third kappa shape index (κ3) is 3.37. The lowest BCUT2D eigenvalue weighted by molar-refractivity contribution is 0.317. The highest BCUT2D eigenvalue weighted by atomic mass is 16.5. The fourth-order valence-corrected chi connectivity index (χ4v) is 3.71. The van der Waals surface area contributed by atoms with Crippen LogP contribution in [0.4, 0.5) is 11.6 Å². The Morgan fingerprint density at radius 1 is 1.19 bits per heavy atom. The third-order valence-electron chi connectivity index (χ3n) is 5.13. The van der Waals surface area contributed by atoms with E-state index in [4.69, 9.17) is 4.74 Å². The van der Waals surface area contributed by atoms with E-state index in [1.165, 1.54) is 0 Å². The molecule has 10 nitrogen and oxygen atoms in total. The SMILES string of the molecule is CCOc1cc([C@@H]2c3c(/C=C/c4ccccc4)n[nH]c(=O)c3Nc3nnnn32)ccc1O. The van der Waals surface area contributed by atoms with Crippen molar-refractivity contribution in [2.75, 3.05) is 11.9 Å². The molecule has 0 bridgehead atoms. The van der Waals surface area contributed by atoms with E-state index >= 15 is 0 Å². The number of fused-ring (bicyclic) bond motifs is 2. The maximum atomic E-state index is 12.7. The molecule has 3 N–H and O–H groups in total. The van der Waals surface area contributed by atoms with Crippen LogP contribution in [0, 0.1) is 0 Å². The maximum Gasteiger partial charge on any atom is 0.288 e. The molecule has 2 aromatic carbocycles. The van der Waals surface area contributed by atoms with Crippen LogP contribution in [0.15, 0.2) is 53.3 Å². The number of aromatic hydroxyl groups is 1. The van der Waals surface area contributed by atoms with E-state index in [1.54, 1.807) is 22.9 Å². The van der Waals surface area contributed by atoms with Gasteiger partial charge < -0.3 is 15.2 Å². The van der Waals surface area contributed by atoms with Gasteiger partial charge in [0.05, 0.1) is 12.3 Å². The fraction of sp³-hybridized carbons (Fsp3) is 0.136. The number of hydrogen-bond acceptors (Lipinski definition) is 8. The molecule has 4 aromatic rings. The van der Waals surface area contributed by atoms with Crippen LogP contribution in [0.5, 0.6) is 11.5 Å². The van der Waals surface area contributed by atoms with Crippen molar-refractivity contribution in [3.63, 3.8) is 0 Å². The molecular formula is C22H19N7O3.